The quantitative estimate of drug-likeness (QED) is 0.316. The van der Waals surface area contributed by atoms with Crippen molar-refractivity contribution in [1.29, 1.82) is 0 Å². The molecule has 1 aromatic carbocycles. The summed E-state index contributed by atoms with van der Waals surface area (Å²) in [5.74, 6) is 2.08. The highest BCUT2D eigenvalue weighted by molar-refractivity contribution is 5.88. The standard InChI is InChI=1S/C28H29N9O2/c1-4-26(38)34(3)21-6-5-11-35(16-21)23-10-13-37-27(23)28(30-18-32-37)33-20-7-8-24(19(2)14-20)39-22-9-12-36-25(15-22)29-17-31-36/h4,7-10,12-15,17-18,21H,1,5-6,11,16H2,2-3H3,(H,30,32,33). The van der Waals surface area contributed by atoms with E-state index in [1.54, 1.807) is 15.7 Å². The molecule has 1 fully saturated rings. The summed E-state index contributed by atoms with van der Waals surface area (Å²) in [5, 5.41) is 12.0. The fourth-order valence-corrected chi connectivity index (χ4v) is 5.06. The molecule has 1 saturated heterocycles. The fraction of sp³-hybridized carbons (Fsp3) is 0.250. The summed E-state index contributed by atoms with van der Waals surface area (Å²) in [6.45, 7) is 7.26. The number of benzene rings is 1. The number of fused-ring (bicyclic) bond motifs is 2. The zero-order valence-electron chi connectivity index (χ0n) is 21.9. The number of piperidine rings is 1. The van der Waals surface area contributed by atoms with Gasteiger partial charge in [-0.25, -0.2) is 19.0 Å². The molecule has 0 aliphatic carbocycles. The number of ether oxygens (including phenoxy) is 1. The van der Waals surface area contributed by atoms with Crippen LogP contribution in [0.25, 0.3) is 11.2 Å². The molecule has 11 nitrogen and oxygen atoms in total. The molecular formula is C28H29N9O2. The summed E-state index contributed by atoms with van der Waals surface area (Å²) in [4.78, 5) is 25.1. The molecule has 0 bridgehead atoms. The molecule has 198 valence electrons. The third-order valence-electron chi connectivity index (χ3n) is 7.16. The third-order valence-corrected chi connectivity index (χ3v) is 7.16. The Morgan fingerprint density at radius 2 is 1.95 bits per heavy atom. The van der Waals surface area contributed by atoms with E-state index in [0.717, 1.165) is 59.8 Å². The molecule has 5 heterocycles. The number of anilines is 3. The van der Waals surface area contributed by atoms with E-state index in [1.807, 2.05) is 61.2 Å². The summed E-state index contributed by atoms with van der Waals surface area (Å²) < 4.78 is 9.64. The molecule has 0 spiro atoms. The van der Waals surface area contributed by atoms with Crippen LogP contribution in [-0.2, 0) is 4.79 Å². The molecule has 1 atom stereocenters. The normalized spacial score (nSPS) is 15.4. The minimum absolute atomic E-state index is 0.0591. The van der Waals surface area contributed by atoms with Gasteiger partial charge in [0.05, 0.1) is 5.69 Å². The second-order valence-corrected chi connectivity index (χ2v) is 9.63. The number of carbonyl (C=O) groups excluding carboxylic acids is 1. The Morgan fingerprint density at radius 3 is 2.79 bits per heavy atom. The van der Waals surface area contributed by atoms with Crippen molar-refractivity contribution in [1.82, 2.24) is 34.1 Å². The average Bonchev–Trinajstić information content (AvgIpc) is 3.61. The first-order valence-electron chi connectivity index (χ1n) is 12.8. The zero-order valence-corrected chi connectivity index (χ0v) is 21.9. The van der Waals surface area contributed by atoms with Gasteiger partial charge in [0.2, 0.25) is 5.91 Å². The number of aryl methyl sites for hydroxylation is 1. The smallest absolute Gasteiger partial charge is 0.246 e. The fourth-order valence-electron chi connectivity index (χ4n) is 5.06. The van der Waals surface area contributed by atoms with Gasteiger partial charge in [-0.05, 0) is 61.7 Å². The molecule has 1 aliphatic rings. The number of pyridine rings is 1. The van der Waals surface area contributed by atoms with Crippen LogP contribution in [0, 0.1) is 6.92 Å². The van der Waals surface area contributed by atoms with E-state index in [-0.39, 0.29) is 11.9 Å². The second-order valence-electron chi connectivity index (χ2n) is 9.63. The van der Waals surface area contributed by atoms with Gasteiger partial charge in [0.1, 0.15) is 29.7 Å². The van der Waals surface area contributed by atoms with E-state index in [1.165, 1.54) is 12.4 Å². The van der Waals surface area contributed by atoms with Gasteiger partial charge in [0, 0.05) is 50.3 Å². The van der Waals surface area contributed by atoms with Crippen molar-refractivity contribution in [3.8, 4) is 11.5 Å². The third kappa shape index (κ3) is 4.74. The lowest BCUT2D eigenvalue weighted by atomic mass is 10.0. The summed E-state index contributed by atoms with van der Waals surface area (Å²) in [6, 6.07) is 11.8. The number of amides is 1. The Hall–Kier alpha value is -4.93. The molecule has 0 saturated carbocycles. The maximum atomic E-state index is 12.2. The van der Waals surface area contributed by atoms with Crippen LogP contribution in [0.4, 0.5) is 17.2 Å². The summed E-state index contributed by atoms with van der Waals surface area (Å²) in [6.07, 6.45) is 10.1. The average molecular weight is 524 g/mol. The van der Waals surface area contributed by atoms with Crippen LogP contribution in [0.1, 0.15) is 18.4 Å². The van der Waals surface area contributed by atoms with Gasteiger partial charge in [0.25, 0.3) is 0 Å². The Bertz CT molecular complexity index is 1670. The predicted octanol–water partition coefficient (Wildman–Crippen LogP) is 4.23. The van der Waals surface area contributed by atoms with Crippen LogP contribution in [0.15, 0.2) is 74.1 Å². The number of hydrogen-bond acceptors (Lipinski definition) is 8. The first-order valence-corrected chi connectivity index (χ1v) is 12.8. The molecule has 39 heavy (non-hydrogen) atoms. The molecule has 1 amide bonds. The Labute approximate surface area is 225 Å². The highest BCUT2D eigenvalue weighted by Gasteiger charge is 2.27. The van der Waals surface area contributed by atoms with Gasteiger partial charge in [-0.3, -0.25) is 4.79 Å². The van der Waals surface area contributed by atoms with Crippen LogP contribution in [0.3, 0.4) is 0 Å². The van der Waals surface area contributed by atoms with Crippen molar-refractivity contribution in [2.45, 2.75) is 25.8 Å². The van der Waals surface area contributed by atoms with Gasteiger partial charge >= 0.3 is 0 Å². The van der Waals surface area contributed by atoms with E-state index in [9.17, 15) is 4.79 Å². The van der Waals surface area contributed by atoms with Gasteiger partial charge in [-0.15, -0.1) is 0 Å². The molecule has 11 heteroatoms. The lowest BCUT2D eigenvalue weighted by Gasteiger charge is -2.38. The molecule has 4 aromatic heterocycles. The van der Waals surface area contributed by atoms with E-state index in [2.05, 4.69) is 43.0 Å². The first kappa shape index (κ1) is 24.4. The number of carbonyl (C=O) groups is 1. The van der Waals surface area contributed by atoms with Crippen molar-refractivity contribution in [2.75, 3.05) is 30.4 Å². The molecular weight excluding hydrogens is 494 g/mol. The van der Waals surface area contributed by atoms with Gasteiger partial charge < -0.3 is 19.9 Å². The maximum absolute atomic E-state index is 12.2. The molecule has 5 aromatic rings. The number of rotatable bonds is 7. The van der Waals surface area contributed by atoms with E-state index in [0.29, 0.717) is 11.6 Å². The molecule has 6 rings (SSSR count). The highest BCUT2D eigenvalue weighted by Crippen LogP contribution is 2.33. The second kappa shape index (κ2) is 10.1. The molecule has 0 radical (unpaired) electrons. The SMILES string of the molecule is C=CC(=O)N(C)C1CCCN(c2ccn3ncnc(Nc4ccc(Oc5ccn6ncnc6c5)c(C)c4)c23)C1. The predicted molar refractivity (Wildman–Crippen MR) is 149 cm³/mol. The monoisotopic (exact) mass is 523 g/mol. The number of hydrogen-bond donors (Lipinski definition) is 1. The van der Waals surface area contributed by atoms with Gasteiger partial charge in [0.15, 0.2) is 11.5 Å². The van der Waals surface area contributed by atoms with Crippen molar-refractivity contribution in [2.24, 2.45) is 0 Å². The zero-order chi connectivity index (χ0) is 26.9. The number of aromatic nitrogens is 6. The highest BCUT2D eigenvalue weighted by atomic mass is 16.5. The largest absolute Gasteiger partial charge is 0.457 e. The number of nitrogens with one attached hydrogen (secondary N) is 1. The minimum Gasteiger partial charge on any atom is -0.457 e. The van der Waals surface area contributed by atoms with Crippen molar-refractivity contribution in [3.63, 3.8) is 0 Å². The van der Waals surface area contributed by atoms with Gasteiger partial charge in [-0.1, -0.05) is 6.58 Å². The van der Waals surface area contributed by atoms with Gasteiger partial charge in [-0.2, -0.15) is 10.2 Å². The molecule has 1 N–H and O–H groups in total. The van der Waals surface area contributed by atoms with E-state index >= 15 is 0 Å². The first-order chi connectivity index (χ1) is 19.0. The molecule has 1 aliphatic heterocycles. The summed E-state index contributed by atoms with van der Waals surface area (Å²) >= 11 is 0. The Morgan fingerprint density at radius 1 is 1.13 bits per heavy atom. The van der Waals surface area contributed by atoms with E-state index < -0.39 is 0 Å². The molecule has 1 unspecified atom stereocenters. The Kier molecular flexibility index (Phi) is 6.31. The van der Waals surface area contributed by atoms with Crippen LogP contribution in [-0.4, -0.2) is 66.2 Å². The van der Waals surface area contributed by atoms with Crippen LogP contribution < -0.4 is 15.0 Å². The minimum atomic E-state index is -0.0591. The Balaban J connectivity index is 1.24. The summed E-state index contributed by atoms with van der Waals surface area (Å²) in [5.41, 5.74) is 4.49. The lowest BCUT2D eigenvalue weighted by Crippen LogP contribution is -2.48. The van der Waals surface area contributed by atoms with Crippen LogP contribution >= 0.6 is 0 Å². The topological polar surface area (TPSA) is 105 Å². The number of likely N-dealkylation sites (N-methyl/N-ethyl adjacent to an activating group) is 1. The van der Waals surface area contributed by atoms with Crippen molar-refractivity contribution in [3.05, 3.63) is 79.7 Å². The maximum Gasteiger partial charge on any atom is 0.246 e. The van der Waals surface area contributed by atoms with Crippen molar-refractivity contribution < 1.29 is 9.53 Å². The van der Waals surface area contributed by atoms with Crippen molar-refractivity contribution >= 4 is 34.3 Å². The van der Waals surface area contributed by atoms with Crippen LogP contribution in [0.2, 0.25) is 0 Å². The van der Waals surface area contributed by atoms with E-state index in [4.69, 9.17) is 4.74 Å². The number of nitrogens with zero attached hydrogens (tertiary/aromatic N) is 8. The lowest BCUT2D eigenvalue weighted by molar-refractivity contribution is -0.126. The summed E-state index contributed by atoms with van der Waals surface area (Å²) in [7, 11) is 1.84. The van der Waals surface area contributed by atoms with Crippen LogP contribution in [0.5, 0.6) is 11.5 Å².